The van der Waals surface area contributed by atoms with Gasteiger partial charge < -0.3 is 4.48 Å². The molecule has 80 valence electrons. The Morgan fingerprint density at radius 1 is 1.27 bits per heavy atom. The van der Waals surface area contributed by atoms with E-state index in [1.165, 1.54) is 5.56 Å². The van der Waals surface area contributed by atoms with Crippen LogP contribution in [0.1, 0.15) is 5.56 Å². The molecule has 2 nitrogen and oxygen atoms in total. The maximum atomic E-state index is 4.63. The molecular formula is C12H17N2S+. The molecule has 0 aliphatic carbocycles. The second-order valence-electron chi connectivity index (χ2n) is 4.60. The van der Waals surface area contributed by atoms with Crippen LogP contribution in [-0.2, 0) is 6.42 Å². The minimum Gasteiger partial charge on any atom is -0.331 e. The van der Waals surface area contributed by atoms with Gasteiger partial charge in [0.25, 0.3) is 0 Å². The quantitative estimate of drug-likeness (QED) is 0.432. The van der Waals surface area contributed by atoms with E-state index in [9.17, 15) is 0 Å². The molecule has 1 aromatic carbocycles. The number of benzene rings is 1. The third kappa shape index (κ3) is 4.34. The van der Waals surface area contributed by atoms with Crippen molar-refractivity contribution in [2.45, 2.75) is 6.42 Å². The minimum absolute atomic E-state index is 0.945. The first-order valence-electron chi connectivity index (χ1n) is 4.99. The summed E-state index contributed by atoms with van der Waals surface area (Å²) in [6.07, 6.45) is 1.01. The molecule has 1 aromatic rings. The van der Waals surface area contributed by atoms with E-state index in [1.807, 2.05) is 18.2 Å². The van der Waals surface area contributed by atoms with Gasteiger partial charge in [-0.15, -0.1) is 0 Å². The maximum Gasteiger partial charge on any atom is 0.0822 e. The Labute approximate surface area is 96.8 Å². The van der Waals surface area contributed by atoms with Gasteiger partial charge in [0.15, 0.2) is 0 Å². The average Bonchev–Trinajstić information content (AvgIpc) is 2.16. The largest absolute Gasteiger partial charge is 0.331 e. The fourth-order valence-electron chi connectivity index (χ4n) is 1.34. The number of quaternary nitrogens is 1. The normalized spacial score (nSPS) is 10.9. The molecule has 0 radical (unpaired) electrons. The first-order chi connectivity index (χ1) is 7.03. The zero-order valence-corrected chi connectivity index (χ0v) is 10.3. The van der Waals surface area contributed by atoms with Crippen LogP contribution in [0, 0.1) is 0 Å². The molecular weight excluding hydrogens is 204 g/mol. The molecule has 0 saturated heterocycles. The van der Waals surface area contributed by atoms with Crippen LogP contribution < -0.4 is 0 Å². The van der Waals surface area contributed by atoms with Crippen LogP contribution in [0.5, 0.6) is 0 Å². The summed E-state index contributed by atoms with van der Waals surface area (Å²) in [4.78, 5) is 4.07. The van der Waals surface area contributed by atoms with Crippen LogP contribution in [0.3, 0.4) is 0 Å². The topological polar surface area (TPSA) is 12.4 Å². The molecule has 0 aromatic heterocycles. The first kappa shape index (κ1) is 12.1. The van der Waals surface area contributed by atoms with E-state index in [2.05, 4.69) is 49.6 Å². The lowest BCUT2D eigenvalue weighted by Crippen LogP contribution is -2.36. The Kier molecular flexibility index (Phi) is 4.15. The number of nitrogens with zero attached hydrogens (tertiary/aromatic N) is 2. The van der Waals surface area contributed by atoms with Crippen molar-refractivity contribution in [3.8, 4) is 0 Å². The summed E-state index contributed by atoms with van der Waals surface area (Å²) in [5.41, 5.74) is 2.18. The van der Waals surface area contributed by atoms with Crippen molar-refractivity contribution in [2.24, 2.45) is 4.99 Å². The van der Waals surface area contributed by atoms with Gasteiger partial charge in [0.2, 0.25) is 0 Å². The van der Waals surface area contributed by atoms with E-state index in [0.717, 1.165) is 23.1 Å². The molecule has 0 fully saturated rings. The van der Waals surface area contributed by atoms with Gasteiger partial charge in [-0.2, -0.15) is 4.99 Å². The molecule has 0 atom stereocenters. The molecule has 0 aliphatic rings. The Bertz CT molecular complexity index is 373. The Balaban J connectivity index is 2.80. The van der Waals surface area contributed by atoms with Crippen LogP contribution in [0.2, 0.25) is 0 Å². The SMILES string of the molecule is C[N+](C)(C)CCc1ccccc1N=C=S. The van der Waals surface area contributed by atoms with Gasteiger partial charge in [-0.05, 0) is 23.8 Å². The van der Waals surface area contributed by atoms with Crippen molar-refractivity contribution in [1.82, 2.24) is 0 Å². The number of thiocarbonyl (C=S) groups is 1. The van der Waals surface area contributed by atoms with Gasteiger partial charge in [-0.3, -0.25) is 0 Å². The number of isothiocyanates is 1. The predicted octanol–water partition coefficient (Wildman–Crippen LogP) is 2.67. The van der Waals surface area contributed by atoms with Gasteiger partial charge in [0.1, 0.15) is 0 Å². The lowest BCUT2D eigenvalue weighted by atomic mass is 10.1. The second-order valence-corrected chi connectivity index (χ2v) is 4.78. The number of hydrogen-bond acceptors (Lipinski definition) is 2. The summed E-state index contributed by atoms with van der Waals surface area (Å²) in [5.74, 6) is 0. The number of aliphatic imine (C=N–C) groups is 1. The Morgan fingerprint density at radius 2 is 1.93 bits per heavy atom. The Hall–Kier alpha value is -1.02. The lowest BCUT2D eigenvalue weighted by molar-refractivity contribution is -0.870. The van der Waals surface area contributed by atoms with Crippen molar-refractivity contribution in [2.75, 3.05) is 27.7 Å². The van der Waals surface area contributed by atoms with Crippen LogP contribution in [-0.4, -0.2) is 37.3 Å². The zero-order valence-electron chi connectivity index (χ0n) is 9.53. The van der Waals surface area contributed by atoms with E-state index >= 15 is 0 Å². The van der Waals surface area contributed by atoms with Crippen LogP contribution in [0.15, 0.2) is 29.3 Å². The number of hydrogen-bond donors (Lipinski definition) is 0. The third-order valence-corrected chi connectivity index (χ3v) is 2.30. The molecule has 15 heavy (non-hydrogen) atoms. The highest BCUT2D eigenvalue weighted by Crippen LogP contribution is 2.18. The standard InChI is InChI=1S/C12H17N2S/c1-14(2,3)9-8-11-6-4-5-7-12(11)13-10-15/h4-7H,8-9H2,1-3H3/q+1. The summed E-state index contributed by atoms with van der Waals surface area (Å²) in [6.45, 7) is 1.09. The van der Waals surface area contributed by atoms with Gasteiger partial charge in [-0.1, -0.05) is 18.2 Å². The van der Waals surface area contributed by atoms with Gasteiger partial charge in [0, 0.05) is 6.42 Å². The Morgan fingerprint density at radius 3 is 2.53 bits per heavy atom. The zero-order chi connectivity index (χ0) is 11.3. The fourth-order valence-corrected chi connectivity index (χ4v) is 1.43. The molecule has 0 heterocycles. The molecule has 3 heteroatoms. The van der Waals surface area contributed by atoms with Crippen molar-refractivity contribution < 1.29 is 4.48 Å². The van der Waals surface area contributed by atoms with E-state index in [4.69, 9.17) is 0 Å². The van der Waals surface area contributed by atoms with Crippen LogP contribution in [0.4, 0.5) is 5.69 Å². The smallest absolute Gasteiger partial charge is 0.0822 e. The number of likely N-dealkylation sites (N-methyl/N-ethyl adjacent to an activating group) is 1. The molecule has 0 spiro atoms. The maximum absolute atomic E-state index is 4.63. The van der Waals surface area contributed by atoms with Crippen molar-refractivity contribution >= 4 is 23.1 Å². The minimum atomic E-state index is 0.945. The van der Waals surface area contributed by atoms with Crippen molar-refractivity contribution in [3.05, 3.63) is 29.8 Å². The van der Waals surface area contributed by atoms with E-state index < -0.39 is 0 Å². The van der Waals surface area contributed by atoms with Crippen molar-refractivity contribution in [3.63, 3.8) is 0 Å². The van der Waals surface area contributed by atoms with Gasteiger partial charge in [-0.25, -0.2) is 0 Å². The monoisotopic (exact) mass is 221 g/mol. The number of rotatable bonds is 4. The highest BCUT2D eigenvalue weighted by atomic mass is 32.1. The summed E-state index contributed by atoms with van der Waals surface area (Å²) < 4.78 is 0.954. The highest BCUT2D eigenvalue weighted by molar-refractivity contribution is 7.78. The molecule has 0 saturated carbocycles. The molecule has 0 aliphatic heterocycles. The average molecular weight is 221 g/mol. The summed E-state index contributed by atoms with van der Waals surface area (Å²) in [5, 5.41) is 2.42. The van der Waals surface area contributed by atoms with Crippen LogP contribution in [0.25, 0.3) is 0 Å². The number of para-hydroxylation sites is 1. The van der Waals surface area contributed by atoms with E-state index in [-0.39, 0.29) is 0 Å². The third-order valence-electron chi connectivity index (χ3n) is 2.21. The fraction of sp³-hybridized carbons (Fsp3) is 0.417. The lowest BCUT2D eigenvalue weighted by Gasteiger charge is -2.23. The highest BCUT2D eigenvalue weighted by Gasteiger charge is 2.08. The van der Waals surface area contributed by atoms with Crippen molar-refractivity contribution in [1.29, 1.82) is 0 Å². The summed E-state index contributed by atoms with van der Waals surface area (Å²) in [6, 6.07) is 8.08. The molecule has 0 unspecified atom stereocenters. The van der Waals surface area contributed by atoms with Gasteiger partial charge in [0.05, 0.1) is 38.5 Å². The summed E-state index contributed by atoms with van der Waals surface area (Å²) >= 11 is 4.63. The van der Waals surface area contributed by atoms with Crippen LogP contribution >= 0.6 is 12.2 Å². The summed E-state index contributed by atoms with van der Waals surface area (Å²) in [7, 11) is 6.56. The van der Waals surface area contributed by atoms with Gasteiger partial charge >= 0.3 is 0 Å². The van der Waals surface area contributed by atoms with E-state index in [1.54, 1.807) is 0 Å². The molecule has 1 rings (SSSR count). The molecule has 0 N–H and O–H groups in total. The first-order valence-corrected chi connectivity index (χ1v) is 5.40. The van der Waals surface area contributed by atoms with E-state index in [0.29, 0.717) is 0 Å². The second kappa shape index (κ2) is 5.17. The predicted molar refractivity (Wildman–Crippen MR) is 67.7 cm³/mol. The molecule has 0 bridgehead atoms. The molecule has 0 amide bonds.